The van der Waals surface area contributed by atoms with Gasteiger partial charge in [-0.25, -0.2) is 4.98 Å². The van der Waals surface area contributed by atoms with Crippen LogP contribution in [0.15, 0.2) is 42.5 Å². The molecule has 1 aromatic carbocycles. The number of likely N-dealkylation sites (tertiary alicyclic amines) is 1. The molecule has 0 aliphatic carbocycles. The molecule has 28 heavy (non-hydrogen) atoms. The lowest BCUT2D eigenvalue weighted by Crippen LogP contribution is -2.39. The van der Waals surface area contributed by atoms with E-state index in [0.717, 1.165) is 25.1 Å². The number of aromatic nitrogens is 1. The van der Waals surface area contributed by atoms with E-state index >= 15 is 0 Å². The number of aryl methyl sites for hydroxylation is 1. The Balaban J connectivity index is 1.59. The zero-order valence-corrected chi connectivity index (χ0v) is 16.6. The average Bonchev–Trinajstić information content (AvgIpc) is 3.14. The largest absolute Gasteiger partial charge is 0.491 e. The first-order valence-corrected chi connectivity index (χ1v) is 9.72. The second-order valence-electron chi connectivity index (χ2n) is 7.42. The van der Waals surface area contributed by atoms with E-state index in [2.05, 4.69) is 10.3 Å². The summed E-state index contributed by atoms with van der Waals surface area (Å²) in [6.07, 6.45) is 1.87. The molecule has 3 rings (SSSR count). The minimum absolute atomic E-state index is 0.0266. The molecule has 6 nitrogen and oxygen atoms in total. The number of ether oxygens (including phenoxy) is 1. The maximum Gasteiger partial charge on any atom is 0.272 e. The number of amides is 2. The van der Waals surface area contributed by atoms with Gasteiger partial charge in [-0.15, -0.1) is 0 Å². The zero-order chi connectivity index (χ0) is 20.1. The smallest absolute Gasteiger partial charge is 0.272 e. The second kappa shape index (κ2) is 8.87. The van der Waals surface area contributed by atoms with Crippen molar-refractivity contribution in [2.75, 3.05) is 13.2 Å². The summed E-state index contributed by atoms with van der Waals surface area (Å²) in [6.45, 7) is 6.88. The molecule has 0 bridgehead atoms. The molecule has 2 aromatic rings. The Morgan fingerprint density at radius 3 is 2.64 bits per heavy atom. The Kier molecular flexibility index (Phi) is 6.29. The van der Waals surface area contributed by atoms with Gasteiger partial charge in [-0.2, -0.15) is 0 Å². The van der Waals surface area contributed by atoms with Gasteiger partial charge in [-0.1, -0.05) is 6.07 Å². The van der Waals surface area contributed by atoms with E-state index in [-0.39, 0.29) is 23.9 Å². The third-order valence-corrected chi connectivity index (χ3v) is 4.72. The highest BCUT2D eigenvalue weighted by atomic mass is 16.5. The van der Waals surface area contributed by atoms with E-state index in [9.17, 15) is 9.59 Å². The van der Waals surface area contributed by atoms with Crippen molar-refractivity contribution in [3.05, 3.63) is 59.4 Å². The molecule has 6 heteroatoms. The van der Waals surface area contributed by atoms with Gasteiger partial charge in [0.05, 0.1) is 6.04 Å². The molecule has 0 saturated carbocycles. The molecule has 2 heterocycles. The highest BCUT2D eigenvalue weighted by Gasteiger charge is 2.30. The fraction of sp³-hybridized carbons (Fsp3) is 0.409. The molecule has 2 amide bonds. The second-order valence-corrected chi connectivity index (χ2v) is 7.42. The van der Waals surface area contributed by atoms with Crippen molar-refractivity contribution in [1.29, 1.82) is 0 Å². The Morgan fingerprint density at radius 2 is 1.96 bits per heavy atom. The molecular weight excluding hydrogens is 354 g/mol. The third-order valence-electron chi connectivity index (χ3n) is 4.72. The number of nitrogens with zero attached hydrogens (tertiary/aromatic N) is 2. The predicted molar refractivity (Wildman–Crippen MR) is 108 cm³/mol. The Labute approximate surface area is 165 Å². The van der Waals surface area contributed by atoms with Crippen LogP contribution in [0.1, 0.15) is 53.2 Å². The van der Waals surface area contributed by atoms with Gasteiger partial charge < -0.3 is 15.0 Å². The van der Waals surface area contributed by atoms with Crippen LogP contribution in [-0.4, -0.2) is 46.9 Å². The molecule has 1 fully saturated rings. The van der Waals surface area contributed by atoms with E-state index < -0.39 is 0 Å². The van der Waals surface area contributed by atoms with Gasteiger partial charge >= 0.3 is 0 Å². The van der Waals surface area contributed by atoms with E-state index in [1.165, 1.54) is 0 Å². The maximum atomic E-state index is 12.8. The molecule has 0 radical (unpaired) electrons. The Bertz CT molecular complexity index is 833. The van der Waals surface area contributed by atoms with Crippen LogP contribution in [0.2, 0.25) is 0 Å². The number of hydrogen-bond donors (Lipinski definition) is 1. The molecule has 1 saturated heterocycles. The fourth-order valence-corrected chi connectivity index (χ4v) is 3.33. The van der Waals surface area contributed by atoms with Gasteiger partial charge in [-0.3, -0.25) is 9.59 Å². The Morgan fingerprint density at radius 1 is 1.21 bits per heavy atom. The van der Waals surface area contributed by atoms with Crippen LogP contribution < -0.4 is 10.1 Å². The van der Waals surface area contributed by atoms with Crippen LogP contribution in [0.25, 0.3) is 0 Å². The van der Waals surface area contributed by atoms with Crippen molar-refractivity contribution in [1.82, 2.24) is 15.2 Å². The lowest BCUT2D eigenvalue weighted by Gasteiger charge is -2.24. The molecule has 1 N–H and O–H groups in total. The van der Waals surface area contributed by atoms with E-state index in [0.29, 0.717) is 23.6 Å². The topological polar surface area (TPSA) is 71.5 Å². The highest BCUT2D eigenvalue weighted by Crippen LogP contribution is 2.21. The van der Waals surface area contributed by atoms with E-state index in [4.69, 9.17) is 4.74 Å². The molecule has 1 unspecified atom stereocenters. The fourth-order valence-electron chi connectivity index (χ4n) is 3.33. The van der Waals surface area contributed by atoms with E-state index in [1.54, 1.807) is 30.3 Å². The standard InChI is InChI=1S/C22H27N3O3/c1-15(2)23-21(26)17-9-11-19(12-10-17)28-14-18-7-5-13-25(18)22(27)20-8-4-6-16(3)24-20/h4,6,8-12,15,18H,5,7,13-14H2,1-3H3,(H,23,26). The normalized spacial score (nSPS) is 16.3. The number of nitrogens with one attached hydrogen (secondary N) is 1. The average molecular weight is 381 g/mol. The SMILES string of the molecule is Cc1cccc(C(=O)N2CCCC2COc2ccc(C(=O)NC(C)C)cc2)n1. The van der Waals surface area contributed by atoms with Gasteiger partial charge in [0, 0.05) is 23.8 Å². The summed E-state index contributed by atoms with van der Waals surface area (Å²) in [5.41, 5.74) is 1.91. The number of hydrogen-bond acceptors (Lipinski definition) is 4. The minimum atomic E-state index is -0.0974. The molecule has 1 aliphatic rings. The van der Waals surface area contributed by atoms with Crippen molar-refractivity contribution in [2.24, 2.45) is 0 Å². The van der Waals surface area contributed by atoms with Crippen molar-refractivity contribution >= 4 is 11.8 Å². The first-order chi connectivity index (χ1) is 13.4. The van der Waals surface area contributed by atoms with Crippen molar-refractivity contribution < 1.29 is 14.3 Å². The number of carbonyl (C=O) groups excluding carboxylic acids is 2. The van der Waals surface area contributed by atoms with Gasteiger partial charge in [0.25, 0.3) is 11.8 Å². The lowest BCUT2D eigenvalue weighted by atomic mass is 10.2. The number of benzene rings is 1. The molecule has 148 valence electrons. The summed E-state index contributed by atoms with van der Waals surface area (Å²) in [7, 11) is 0. The summed E-state index contributed by atoms with van der Waals surface area (Å²) >= 11 is 0. The maximum absolute atomic E-state index is 12.8. The summed E-state index contributed by atoms with van der Waals surface area (Å²) in [5, 5.41) is 2.86. The molecular formula is C22H27N3O3. The summed E-state index contributed by atoms with van der Waals surface area (Å²) in [6, 6.07) is 12.7. The van der Waals surface area contributed by atoms with Gasteiger partial charge in [0.15, 0.2) is 0 Å². The summed E-state index contributed by atoms with van der Waals surface area (Å²) in [4.78, 5) is 31.0. The van der Waals surface area contributed by atoms with Crippen LogP contribution in [0.5, 0.6) is 5.75 Å². The molecule has 0 spiro atoms. The minimum Gasteiger partial charge on any atom is -0.491 e. The molecule has 1 atom stereocenters. The van der Waals surface area contributed by atoms with Gasteiger partial charge in [0.1, 0.15) is 18.1 Å². The third kappa shape index (κ3) is 4.88. The van der Waals surface area contributed by atoms with Crippen LogP contribution in [-0.2, 0) is 0 Å². The van der Waals surface area contributed by atoms with E-state index in [1.807, 2.05) is 37.8 Å². The quantitative estimate of drug-likeness (QED) is 0.834. The molecule has 1 aliphatic heterocycles. The predicted octanol–water partition coefficient (Wildman–Crippen LogP) is 3.21. The van der Waals surface area contributed by atoms with Crippen molar-refractivity contribution in [2.45, 2.75) is 45.7 Å². The van der Waals surface area contributed by atoms with Crippen molar-refractivity contribution in [3.63, 3.8) is 0 Å². The number of rotatable bonds is 6. The Hall–Kier alpha value is -2.89. The zero-order valence-electron chi connectivity index (χ0n) is 16.6. The highest BCUT2D eigenvalue weighted by molar-refractivity contribution is 5.94. The van der Waals surface area contributed by atoms with Crippen LogP contribution >= 0.6 is 0 Å². The number of pyridine rings is 1. The monoisotopic (exact) mass is 381 g/mol. The first-order valence-electron chi connectivity index (χ1n) is 9.72. The first kappa shape index (κ1) is 19.9. The summed E-state index contributed by atoms with van der Waals surface area (Å²) < 4.78 is 5.90. The van der Waals surface area contributed by atoms with Crippen LogP contribution in [0.3, 0.4) is 0 Å². The summed E-state index contributed by atoms with van der Waals surface area (Å²) in [5.74, 6) is 0.546. The number of carbonyl (C=O) groups is 2. The van der Waals surface area contributed by atoms with Gasteiger partial charge in [-0.05, 0) is 70.0 Å². The molecule has 1 aromatic heterocycles. The van der Waals surface area contributed by atoms with Crippen LogP contribution in [0, 0.1) is 6.92 Å². The van der Waals surface area contributed by atoms with Gasteiger partial charge in [0.2, 0.25) is 0 Å². The van der Waals surface area contributed by atoms with Crippen LogP contribution in [0.4, 0.5) is 0 Å². The van der Waals surface area contributed by atoms with Crippen molar-refractivity contribution in [3.8, 4) is 5.75 Å². The lowest BCUT2D eigenvalue weighted by molar-refractivity contribution is 0.0685.